The van der Waals surface area contributed by atoms with Gasteiger partial charge in [-0.15, -0.1) is 0 Å². The average molecular weight is 274 g/mol. The van der Waals surface area contributed by atoms with E-state index in [9.17, 15) is 0 Å². The Balaban J connectivity index is 2.80. The topological polar surface area (TPSA) is 60.2 Å². The van der Waals surface area contributed by atoms with Crippen LogP contribution < -0.4 is 11.1 Å². The van der Waals surface area contributed by atoms with Gasteiger partial charge >= 0.3 is 0 Å². The minimum absolute atomic E-state index is 0.191. The molecular weight excluding hydrogens is 258 g/mol. The fourth-order valence-electron chi connectivity index (χ4n) is 1.28. The molecule has 1 aromatic heterocycles. The summed E-state index contributed by atoms with van der Waals surface area (Å²) in [5.74, 6) is 0.681. The molecule has 0 aliphatic carbocycles. The van der Waals surface area contributed by atoms with Crippen LogP contribution in [0.4, 0.5) is 11.5 Å². The van der Waals surface area contributed by atoms with Crippen molar-refractivity contribution >= 4 is 27.4 Å². The summed E-state index contributed by atoms with van der Waals surface area (Å²) in [7, 11) is 1.67. The summed E-state index contributed by atoms with van der Waals surface area (Å²) in [6, 6.07) is 1.82. The molecule has 0 saturated heterocycles. The molecule has 0 fully saturated rings. The molecule has 0 amide bonds. The molecule has 0 aliphatic heterocycles. The van der Waals surface area contributed by atoms with Crippen molar-refractivity contribution in [2.75, 3.05) is 24.8 Å². The number of nitrogen functional groups attached to an aromatic ring is 1. The molecule has 1 rings (SSSR count). The molecule has 15 heavy (non-hydrogen) atoms. The van der Waals surface area contributed by atoms with Crippen LogP contribution in [0.15, 0.2) is 16.7 Å². The number of hydrogen-bond acceptors (Lipinski definition) is 4. The van der Waals surface area contributed by atoms with Gasteiger partial charge in [0.15, 0.2) is 0 Å². The fraction of sp³-hybridized carbons (Fsp3) is 0.500. The summed E-state index contributed by atoms with van der Waals surface area (Å²) >= 11 is 3.31. The summed E-state index contributed by atoms with van der Waals surface area (Å²) in [5, 5.41) is 3.23. The standard InChI is InChI=1S/C10H16BrN3O/c1-10(2,6-15-3)14-9-8(12)4-7(11)5-13-9/h4-5H,6,12H2,1-3H3,(H,13,14). The van der Waals surface area contributed by atoms with E-state index in [1.54, 1.807) is 13.3 Å². The van der Waals surface area contributed by atoms with E-state index in [0.717, 1.165) is 4.47 Å². The Hall–Kier alpha value is -0.810. The minimum atomic E-state index is -0.191. The first-order chi connectivity index (χ1) is 6.94. The smallest absolute Gasteiger partial charge is 0.149 e. The van der Waals surface area contributed by atoms with E-state index in [4.69, 9.17) is 10.5 Å². The third kappa shape index (κ3) is 3.68. The molecule has 1 heterocycles. The van der Waals surface area contributed by atoms with E-state index >= 15 is 0 Å². The van der Waals surface area contributed by atoms with Gasteiger partial charge in [0.25, 0.3) is 0 Å². The van der Waals surface area contributed by atoms with Crippen molar-refractivity contribution in [3.63, 3.8) is 0 Å². The van der Waals surface area contributed by atoms with Crippen molar-refractivity contribution in [2.24, 2.45) is 0 Å². The van der Waals surface area contributed by atoms with Crippen molar-refractivity contribution in [3.05, 3.63) is 16.7 Å². The molecule has 1 aromatic rings. The number of aromatic nitrogens is 1. The van der Waals surface area contributed by atoms with E-state index in [-0.39, 0.29) is 5.54 Å². The maximum Gasteiger partial charge on any atom is 0.149 e. The third-order valence-corrected chi connectivity index (χ3v) is 2.28. The van der Waals surface area contributed by atoms with E-state index < -0.39 is 0 Å². The highest BCUT2D eigenvalue weighted by Gasteiger charge is 2.18. The lowest BCUT2D eigenvalue weighted by Gasteiger charge is -2.26. The van der Waals surface area contributed by atoms with Crippen LogP contribution in [0.3, 0.4) is 0 Å². The van der Waals surface area contributed by atoms with Crippen LogP contribution >= 0.6 is 15.9 Å². The molecule has 0 bridgehead atoms. The van der Waals surface area contributed by atoms with Crippen molar-refractivity contribution < 1.29 is 4.74 Å². The lowest BCUT2D eigenvalue weighted by atomic mass is 10.1. The van der Waals surface area contributed by atoms with Crippen LogP contribution in [0.5, 0.6) is 0 Å². The van der Waals surface area contributed by atoms with Gasteiger partial charge in [-0.2, -0.15) is 0 Å². The monoisotopic (exact) mass is 273 g/mol. The summed E-state index contributed by atoms with van der Waals surface area (Å²) in [6.45, 7) is 4.64. The summed E-state index contributed by atoms with van der Waals surface area (Å²) in [4.78, 5) is 4.21. The molecular formula is C10H16BrN3O. The Bertz CT molecular complexity index is 341. The lowest BCUT2D eigenvalue weighted by Crippen LogP contribution is -2.36. The number of anilines is 2. The zero-order valence-electron chi connectivity index (χ0n) is 9.17. The fourth-order valence-corrected chi connectivity index (χ4v) is 1.63. The van der Waals surface area contributed by atoms with Gasteiger partial charge in [-0.1, -0.05) is 0 Å². The minimum Gasteiger partial charge on any atom is -0.396 e. The Kier molecular flexibility index (Phi) is 3.93. The summed E-state index contributed by atoms with van der Waals surface area (Å²) in [6.07, 6.45) is 1.71. The molecule has 0 aromatic carbocycles. The van der Waals surface area contributed by atoms with Gasteiger partial charge in [0.05, 0.1) is 17.8 Å². The highest BCUT2D eigenvalue weighted by molar-refractivity contribution is 9.10. The first kappa shape index (κ1) is 12.3. The number of ether oxygens (including phenoxy) is 1. The van der Waals surface area contributed by atoms with Gasteiger partial charge in [-0.25, -0.2) is 4.98 Å². The van der Waals surface area contributed by atoms with Crippen LogP contribution in [-0.4, -0.2) is 24.2 Å². The Morgan fingerprint density at radius 3 is 2.80 bits per heavy atom. The number of methoxy groups -OCH3 is 1. The zero-order valence-corrected chi connectivity index (χ0v) is 10.8. The third-order valence-electron chi connectivity index (χ3n) is 1.85. The maximum absolute atomic E-state index is 5.83. The van der Waals surface area contributed by atoms with Gasteiger partial charge in [-0.3, -0.25) is 0 Å². The molecule has 0 radical (unpaired) electrons. The average Bonchev–Trinajstić information content (AvgIpc) is 2.09. The molecule has 0 spiro atoms. The Morgan fingerprint density at radius 2 is 2.27 bits per heavy atom. The molecule has 4 nitrogen and oxygen atoms in total. The van der Waals surface area contributed by atoms with Crippen molar-refractivity contribution in [3.8, 4) is 0 Å². The lowest BCUT2D eigenvalue weighted by molar-refractivity contribution is 0.158. The van der Waals surface area contributed by atoms with Crippen LogP contribution in [-0.2, 0) is 4.74 Å². The normalized spacial score (nSPS) is 11.5. The molecule has 3 N–H and O–H groups in total. The van der Waals surface area contributed by atoms with Crippen LogP contribution in [0, 0.1) is 0 Å². The van der Waals surface area contributed by atoms with Crippen LogP contribution in [0.25, 0.3) is 0 Å². The van der Waals surface area contributed by atoms with Crippen molar-refractivity contribution in [2.45, 2.75) is 19.4 Å². The summed E-state index contributed by atoms with van der Waals surface area (Å²) < 4.78 is 5.97. The van der Waals surface area contributed by atoms with E-state index in [1.165, 1.54) is 0 Å². The van der Waals surface area contributed by atoms with Gasteiger partial charge < -0.3 is 15.8 Å². The molecule has 0 atom stereocenters. The molecule has 0 unspecified atom stereocenters. The number of pyridine rings is 1. The highest BCUT2D eigenvalue weighted by Crippen LogP contribution is 2.22. The number of nitrogens with two attached hydrogens (primary N) is 1. The molecule has 0 aliphatic rings. The quantitative estimate of drug-likeness (QED) is 0.884. The molecule has 5 heteroatoms. The van der Waals surface area contributed by atoms with Crippen LogP contribution in [0.2, 0.25) is 0 Å². The molecule has 0 saturated carbocycles. The van der Waals surface area contributed by atoms with Crippen molar-refractivity contribution in [1.82, 2.24) is 4.98 Å². The maximum atomic E-state index is 5.83. The summed E-state index contributed by atoms with van der Waals surface area (Å²) in [5.41, 5.74) is 6.26. The Morgan fingerprint density at radius 1 is 1.60 bits per heavy atom. The predicted molar refractivity (Wildman–Crippen MR) is 65.9 cm³/mol. The van der Waals surface area contributed by atoms with Gasteiger partial charge in [0.2, 0.25) is 0 Å². The number of nitrogens with zero attached hydrogens (tertiary/aromatic N) is 1. The first-order valence-corrected chi connectivity index (χ1v) is 5.42. The Labute approximate surface area is 98.3 Å². The van der Waals surface area contributed by atoms with Gasteiger partial charge in [-0.05, 0) is 35.8 Å². The van der Waals surface area contributed by atoms with Gasteiger partial charge in [0.1, 0.15) is 5.82 Å². The van der Waals surface area contributed by atoms with Crippen LogP contribution in [0.1, 0.15) is 13.8 Å². The van der Waals surface area contributed by atoms with Gasteiger partial charge in [0, 0.05) is 17.8 Å². The number of halogens is 1. The highest BCUT2D eigenvalue weighted by atomic mass is 79.9. The second-order valence-electron chi connectivity index (χ2n) is 4.03. The largest absolute Gasteiger partial charge is 0.396 e. The van der Waals surface area contributed by atoms with E-state index in [1.807, 2.05) is 19.9 Å². The second kappa shape index (κ2) is 4.81. The predicted octanol–water partition coefficient (Wildman–Crippen LogP) is 2.26. The number of nitrogens with one attached hydrogen (secondary N) is 1. The van der Waals surface area contributed by atoms with E-state index in [0.29, 0.717) is 18.1 Å². The second-order valence-corrected chi connectivity index (χ2v) is 4.95. The SMILES string of the molecule is COCC(C)(C)Nc1ncc(Br)cc1N. The first-order valence-electron chi connectivity index (χ1n) is 4.63. The number of hydrogen-bond donors (Lipinski definition) is 2. The molecule has 84 valence electrons. The number of rotatable bonds is 4. The van der Waals surface area contributed by atoms with Crippen molar-refractivity contribution in [1.29, 1.82) is 0 Å². The van der Waals surface area contributed by atoms with E-state index in [2.05, 4.69) is 26.2 Å². The zero-order chi connectivity index (χ0) is 11.5.